The lowest BCUT2D eigenvalue weighted by Gasteiger charge is -2.10. The second-order valence-corrected chi connectivity index (χ2v) is 5.25. The fourth-order valence-electron chi connectivity index (χ4n) is 2.60. The van der Waals surface area contributed by atoms with Crippen molar-refractivity contribution in [2.75, 3.05) is 7.11 Å². The van der Waals surface area contributed by atoms with Gasteiger partial charge in [0, 0.05) is 24.1 Å². The number of carbonyl (C=O) groups is 1. The van der Waals surface area contributed by atoms with E-state index in [0.29, 0.717) is 34.7 Å². The van der Waals surface area contributed by atoms with Crippen molar-refractivity contribution in [2.24, 2.45) is 0 Å². The van der Waals surface area contributed by atoms with Crippen molar-refractivity contribution in [3.05, 3.63) is 51.9 Å². The molecule has 1 aromatic heterocycles. The first-order chi connectivity index (χ1) is 12.0. The molecule has 0 radical (unpaired) electrons. The molecule has 1 N–H and O–H groups in total. The van der Waals surface area contributed by atoms with Gasteiger partial charge in [-0.05, 0) is 23.8 Å². The molecule has 0 spiro atoms. The van der Waals surface area contributed by atoms with Crippen LogP contribution in [0.1, 0.15) is 23.2 Å². The van der Waals surface area contributed by atoms with Crippen molar-refractivity contribution in [1.29, 1.82) is 0 Å². The number of non-ortho nitro benzene ring substituents is 1. The second-order valence-electron chi connectivity index (χ2n) is 5.25. The molecule has 0 atom stereocenters. The van der Waals surface area contributed by atoms with E-state index in [4.69, 9.17) is 9.15 Å². The van der Waals surface area contributed by atoms with Gasteiger partial charge in [-0.25, -0.2) is 9.78 Å². The van der Waals surface area contributed by atoms with Crippen molar-refractivity contribution < 1.29 is 24.0 Å². The van der Waals surface area contributed by atoms with E-state index in [1.54, 1.807) is 0 Å². The molecule has 0 aliphatic carbocycles. The number of benzene rings is 2. The molecule has 0 saturated heterocycles. The van der Waals surface area contributed by atoms with Crippen LogP contribution in [0.2, 0.25) is 0 Å². The molecule has 0 unspecified atom stereocenters. The number of hydrogen-bond acceptors (Lipinski definition) is 6. The van der Waals surface area contributed by atoms with Crippen molar-refractivity contribution >= 4 is 22.8 Å². The number of nitro groups is 1. The standard InChI is InChI=1S/C17H14N2O6/c1-3-13-18-14-15(24-2)11(8-12(17(20)21)16(14)25-13)9-4-6-10(7-5-9)19(22)23/h4-8H,3H2,1-2H3,(H,20,21). The van der Waals surface area contributed by atoms with Crippen molar-refractivity contribution in [3.63, 3.8) is 0 Å². The lowest BCUT2D eigenvalue weighted by Crippen LogP contribution is -2.00. The normalized spacial score (nSPS) is 10.8. The minimum atomic E-state index is -1.16. The summed E-state index contributed by atoms with van der Waals surface area (Å²) in [5, 5.41) is 20.3. The third-order valence-corrected chi connectivity index (χ3v) is 3.79. The molecule has 3 aromatic rings. The number of rotatable bonds is 5. The number of nitrogens with zero attached hydrogens (tertiary/aromatic N) is 2. The van der Waals surface area contributed by atoms with Gasteiger partial charge in [-0.2, -0.15) is 0 Å². The van der Waals surface area contributed by atoms with E-state index in [-0.39, 0.29) is 16.8 Å². The predicted octanol–water partition coefficient (Wildman–Crippen LogP) is 3.67. The quantitative estimate of drug-likeness (QED) is 0.555. The highest BCUT2D eigenvalue weighted by Crippen LogP contribution is 2.39. The summed E-state index contributed by atoms with van der Waals surface area (Å²) in [6, 6.07) is 7.19. The van der Waals surface area contributed by atoms with Crippen LogP contribution >= 0.6 is 0 Å². The maximum absolute atomic E-state index is 11.6. The van der Waals surface area contributed by atoms with Crippen LogP contribution in [-0.4, -0.2) is 28.1 Å². The molecule has 25 heavy (non-hydrogen) atoms. The minimum Gasteiger partial charge on any atom is -0.494 e. The van der Waals surface area contributed by atoms with Gasteiger partial charge in [-0.1, -0.05) is 6.92 Å². The molecule has 0 aliphatic heterocycles. The topological polar surface area (TPSA) is 116 Å². The van der Waals surface area contributed by atoms with Crippen LogP contribution in [0.25, 0.3) is 22.2 Å². The van der Waals surface area contributed by atoms with Crippen LogP contribution in [0.4, 0.5) is 5.69 Å². The van der Waals surface area contributed by atoms with Gasteiger partial charge in [0.1, 0.15) is 5.56 Å². The summed E-state index contributed by atoms with van der Waals surface area (Å²) in [5.74, 6) is -0.399. The van der Waals surface area contributed by atoms with E-state index < -0.39 is 10.9 Å². The van der Waals surface area contributed by atoms with Gasteiger partial charge in [0.25, 0.3) is 5.69 Å². The molecule has 8 heteroatoms. The highest BCUT2D eigenvalue weighted by atomic mass is 16.6. The number of ether oxygens (including phenoxy) is 1. The fourth-order valence-corrected chi connectivity index (χ4v) is 2.60. The number of hydrogen-bond donors (Lipinski definition) is 1. The zero-order valence-electron chi connectivity index (χ0n) is 13.5. The zero-order valence-corrected chi connectivity index (χ0v) is 13.5. The maximum Gasteiger partial charge on any atom is 0.339 e. The van der Waals surface area contributed by atoms with Crippen LogP contribution < -0.4 is 4.74 Å². The SMILES string of the molecule is CCc1nc2c(OC)c(-c3ccc([N+](=O)[O-])cc3)cc(C(=O)O)c2o1. The molecular weight excluding hydrogens is 328 g/mol. The molecule has 0 saturated carbocycles. The Kier molecular flexibility index (Phi) is 4.10. The van der Waals surface area contributed by atoms with Crippen LogP contribution in [-0.2, 0) is 6.42 Å². The first-order valence-corrected chi connectivity index (χ1v) is 7.44. The van der Waals surface area contributed by atoms with E-state index in [1.165, 1.54) is 37.4 Å². The number of carboxylic acid groups (broad SMARTS) is 1. The number of aryl methyl sites for hydroxylation is 1. The van der Waals surface area contributed by atoms with Crippen molar-refractivity contribution in [1.82, 2.24) is 4.98 Å². The first-order valence-electron chi connectivity index (χ1n) is 7.44. The van der Waals surface area contributed by atoms with E-state index in [1.807, 2.05) is 6.92 Å². The lowest BCUT2D eigenvalue weighted by molar-refractivity contribution is -0.384. The number of aromatic carboxylic acids is 1. The van der Waals surface area contributed by atoms with Gasteiger partial charge >= 0.3 is 5.97 Å². The highest BCUT2D eigenvalue weighted by Gasteiger charge is 2.23. The monoisotopic (exact) mass is 342 g/mol. The molecule has 0 fully saturated rings. The van der Waals surface area contributed by atoms with Crippen LogP contribution in [0.15, 0.2) is 34.7 Å². The molecule has 3 rings (SSSR count). The Labute approximate surface area is 141 Å². The predicted molar refractivity (Wildman–Crippen MR) is 89.0 cm³/mol. The van der Waals surface area contributed by atoms with Crippen molar-refractivity contribution in [2.45, 2.75) is 13.3 Å². The number of carboxylic acids is 1. The molecule has 0 amide bonds. The fraction of sp³-hybridized carbons (Fsp3) is 0.176. The first kappa shape index (κ1) is 16.4. The Morgan fingerprint density at radius 1 is 1.36 bits per heavy atom. The Bertz CT molecular complexity index is 975. The van der Waals surface area contributed by atoms with Gasteiger partial charge < -0.3 is 14.3 Å². The summed E-state index contributed by atoms with van der Waals surface area (Å²) >= 11 is 0. The van der Waals surface area contributed by atoms with Gasteiger partial charge in [0.05, 0.1) is 12.0 Å². The third kappa shape index (κ3) is 2.78. The molecule has 0 aliphatic rings. The Balaban J connectivity index is 2.29. The number of fused-ring (bicyclic) bond motifs is 1. The number of methoxy groups -OCH3 is 1. The van der Waals surface area contributed by atoms with E-state index in [9.17, 15) is 20.0 Å². The molecular formula is C17H14N2O6. The maximum atomic E-state index is 11.6. The second kappa shape index (κ2) is 6.23. The number of oxazole rings is 1. The van der Waals surface area contributed by atoms with Gasteiger partial charge in [0.15, 0.2) is 22.7 Å². The Hall–Kier alpha value is -3.42. The summed E-state index contributed by atoms with van der Waals surface area (Å²) in [7, 11) is 1.45. The molecule has 2 aromatic carbocycles. The largest absolute Gasteiger partial charge is 0.494 e. The molecule has 0 bridgehead atoms. The summed E-state index contributed by atoms with van der Waals surface area (Å²) in [4.78, 5) is 26.2. The zero-order chi connectivity index (χ0) is 18.1. The summed E-state index contributed by atoms with van der Waals surface area (Å²) in [6.07, 6.45) is 0.504. The Morgan fingerprint density at radius 3 is 2.56 bits per heavy atom. The van der Waals surface area contributed by atoms with Crippen LogP contribution in [0.5, 0.6) is 5.75 Å². The summed E-state index contributed by atoms with van der Waals surface area (Å²) < 4.78 is 11.0. The third-order valence-electron chi connectivity index (χ3n) is 3.79. The van der Waals surface area contributed by atoms with Gasteiger partial charge in [0.2, 0.25) is 0 Å². The lowest BCUT2D eigenvalue weighted by atomic mass is 10.00. The smallest absolute Gasteiger partial charge is 0.339 e. The minimum absolute atomic E-state index is 0.0450. The van der Waals surface area contributed by atoms with E-state index >= 15 is 0 Å². The summed E-state index contributed by atoms with van der Waals surface area (Å²) in [6.45, 7) is 1.84. The van der Waals surface area contributed by atoms with Gasteiger partial charge in [-0.3, -0.25) is 10.1 Å². The number of nitro benzene ring substituents is 1. The van der Waals surface area contributed by atoms with Crippen LogP contribution in [0.3, 0.4) is 0 Å². The average molecular weight is 342 g/mol. The average Bonchev–Trinajstić information content (AvgIpc) is 3.04. The Morgan fingerprint density at radius 2 is 2.04 bits per heavy atom. The summed E-state index contributed by atoms with van der Waals surface area (Å²) in [5.41, 5.74) is 1.40. The highest BCUT2D eigenvalue weighted by molar-refractivity contribution is 6.05. The van der Waals surface area contributed by atoms with Gasteiger partial charge in [-0.15, -0.1) is 0 Å². The number of aromatic nitrogens is 1. The van der Waals surface area contributed by atoms with E-state index in [0.717, 1.165) is 0 Å². The molecule has 1 heterocycles. The molecule has 8 nitrogen and oxygen atoms in total. The molecule has 128 valence electrons. The van der Waals surface area contributed by atoms with E-state index in [2.05, 4.69) is 4.98 Å². The van der Waals surface area contributed by atoms with Crippen LogP contribution in [0, 0.1) is 10.1 Å². The van der Waals surface area contributed by atoms with Crippen molar-refractivity contribution in [3.8, 4) is 16.9 Å².